The van der Waals surface area contributed by atoms with Crippen LogP contribution in [0.25, 0.3) is 0 Å². The first kappa shape index (κ1) is 18.6. The summed E-state index contributed by atoms with van der Waals surface area (Å²) in [5.74, 6) is -1.12. The second-order valence-electron chi connectivity index (χ2n) is 4.87. The fourth-order valence-electron chi connectivity index (χ4n) is 1.76. The minimum absolute atomic E-state index is 0.403. The van der Waals surface area contributed by atoms with Gasteiger partial charge in [-0.25, -0.2) is 10.9 Å². The van der Waals surface area contributed by atoms with Crippen molar-refractivity contribution in [1.82, 2.24) is 10.9 Å². The van der Waals surface area contributed by atoms with Crippen LogP contribution < -0.4 is 10.9 Å². The highest BCUT2D eigenvalue weighted by Gasteiger charge is 2.07. The van der Waals surface area contributed by atoms with Gasteiger partial charge < -0.3 is 0 Å². The standard InChI is InChI=1S/C17H14Cl2N4O2/c18-14-5-1-3-12(7-14)10-20-22-16(24)9-17(25)23-21-11-13-4-2-6-15(19)8-13/h1-8,10-11H,9H2,(H,22,24)(H,23,25). The van der Waals surface area contributed by atoms with Crippen molar-refractivity contribution in [2.45, 2.75) is 6.42 Å². The smallest absolute Gasteiger partial charge is 0.249 e. The number of nitrogens with one attached hydrogen (secondary N) is 2. The van der Waals surface area contributed by atoms with Gasteiger partial charge in [-0.15, -0.1) is 0 Å². The number of rotatable bonds is 6. The van der Waals surface area contributed by atoms with Gasteiger partial charge in [0.15, 0.2) is 0 Å². The van der Waals surface area contributed by atoms with E-state index in [1.165, 1.54) is 12.4 Å². The molecule has 25 heavy (non-hydrogen) atoms. The Kier molecular flexibility index (Phi) is 7.13. The van der Waals surface area contributed by atoms with E-state index in [9.17, 15) is 9.59 Å². The Labute approximate surface area is 154 Å². The van der Waals surface area contributed by atoms with Crippen molar-refractivity contribution in [3.05, 3.63) is 69.7 Å². The van der Waals surface area contributed by atoms with Gasteiger partial charge in [-0.2, -0.15) is 10.2 Å². The van der Waals surface area contributed by atoms with Gasteiger partial charge in [-0.3, -0.25) is 9.59 Å². The van der Waals surface area contributed by atoms with Gasteiger partial charge in [0.05, 0.1) is 12.4 Å². The molecule has 0 atom stereocenters. The topological polar surface area (TPSA) is 82.9 Å². The van der Waals surface area contributed by atoms with E-state index in [-0.39, 0.29) is 0 Å². The fraction of sp³-hybridized carbons (Fsp3) is 0.0588. The molecule has 0 saturated carbocycles. The molecule has 2 N–H and O–H groups in total. The summed E-state index contributed by atoms with van der Waals surface area (Å²) in [7, 11) is 0. The summed E-state index contributed by atoms with van der Waals surface area (Å²) in [4.78, 5) is 23.2. The van der Waals surface area contributed by atoms with Crippen LogP contribution in [0.3, 0.4) is 0 Å². The molecule has 0 heterocycles. The van der Waals surface area contributed by atoms with Crippen LogP contribution in [0.5, 0.6) is 0 Å². The van der Waals surface area contributed by atoms with E-state index < -0.39 is 18.2 Å². The van der Waals surface area contributed by atoms with Crippen molar-refractivity contribution in [3.8, 4) is 0 Å². The van der Waals surface area contributed by atoms with Gasteiger partial charge in [0.2, 0.25) is 11.8 Å². The maximum Gasteiger partial charge on any atom is 0.249 e. The number of hydrogen-bond donors (Lipinski definition) is 2. The van der Waals surface area contributed by atoms with E-state index in [1.54, 1.807) is 48.5 Å². The van der Waals surface area contributed by atoms with Crippen molar-refractivity contribution in [1.29, 1.82) is 0 Å². The van der Waals surface area contributed by atoms with Gasteiger partial charge in [-0.05, 0) is 35.4 Å². The number of benzene rings is 2. The summed E-state index contributed by atoms with van der Waals surface area (Å²) in [6, 6.07) is 13.9. The second kappa shape index (κ2) is 9.56. The normalized spacial score (nSPS) is 11.0. The molecule has 2 rings (SSSR count). The third-order valence-electron chi connectivity index (χ3n) is 2.82. The van der Waals surface area contributed by atoms with Crippen LogP contribution in [0.2, 0.25) is 10.0 Å². The van der Waals surface area contributed by atoms with Crippen molar-refractivity contribution >= 4 is 47.4 Å². The molecular weight excluding hydrogens is 363 g/mol. The lowest BCUT2D eigenvalue weighted by Gasteiger charge is -2.00. The number of carbonyl (C=O) groups is 2. The summed E-state index contributed by atoms with van der Waals surface area (Å²) >= 11 is 11.7. The van der Waals surface area contributed by atoms with Crippen molar-refractivity contribution in [2.24, 2.45) is 10.2 Å². The molecule has 6 nitrogen and oxygen atoms in total. The lowest BCUT2D eigenvalue weighted by atomic mass is 10.2. The maximum atomic E-state index is 11.6. The number of nitrogens with zero attached hydrogens (tertiary/aromatic N) is 2. The van der Waals surface area contributed by atoms with Gasteiger partial charge in [0.1, 0.15) is 6.42 Å². The summed E-state index contributed by atoms with van der Waals surface area (Å²) in [5.41, 5.74) is 5.96. The number of hydrazone groups is 2. The van der Waals surface area contributed by atoms with Crippen LogP contribution in [0, 0.1) is 0 Å². The SMILES string of the molecule is O=C(CC(=O)NN=Cc1cccc(Cl)c1)NN=Cc1cccc(Cl)c1. The minimum Gasteiger partial charge on any atom is -0.273 e. The lowest BCUT2D eigenvalue weighted by molar-refractivity contribution is -0.129. The highest BCUT2D eigenvalue weighted by molar-refractivity contribution is 6.31. The van der Waals surface area contributed by atoms with E-state index in [4.69, 9.17) is 23.2 Å². The molecule has 2 aromatic carbocycles. The molecule has 8 heteroatoms. The monoisotopic (exact) mass is 376 g/mol. The quantitative estimate of drug-likeness (QED) is 0.461. The van der Waals surface area contributed by atoms with E-state index >= 15 is 0 Å². The van der Waals surface area contributed by atoms with Crippen LogP contribution in [0.4, 0.5) is 0 Å². The third kappa shape index (κ3) is 7.15. The van der Waals surface area contributed by atoms with Gasteiger partial charge >= 0.3 is 0 Å². The first-order chi connectivity index (χ1) is 12.0. The molecule has 2 aromatic rings. The second-order valence-corrected chi connectivity index (χ2v) is 5.75. The Balaban J connectivity index is 1.75. The molecule has 0 aliphatic carbocycles. The molecule has 0 saturated heterocycles. The van der Waals surface area contributed by atoms with Crippen LogP contribution in [-0.4, -0.2) is 24.2 Å². The molecule has 0 unspecified atom stereocenters. The van der Waals surface area contributed by atoms with Gasteiger partial charge in [-0.1, -0.05) is 47.5 Å². The predicted molar refractivity (Wildman–Crippen MR) is 99.0 cm³/mol. The number of amides is 2. The first-order valence-corrected chi connectivity index (χ1v) is 7.93. The Morgan fingerprint density at radius 3 is 1.68 bits per heavy atom. The molecule has 0 aliphatic rings. The molecular formula is C17H14Cl2N4O2. The summed E-state index contributed by atoms with van der Waals surface area (Å²) in [6.07, 6.45) is 2.46. The molecule has 0 spiro atoms. The molecule has 0 radical (unpaired) electrons. The zero-order valence-electron chi connectivity index (χ0n) is 12.9. The number of carbonyl (C=O) groups excluding carboxylic acids is 2. The van der Waals surface area contributed by atoms with Gasteiger partial charge in [0.25, 0.3) is 0 Å². The zero-order valence-corrected chi connectivity index (χ0v) is 14.5. The highest BCUT2D eigenvalue weighted by Crippen LogP contribution is 2.09. The third-order valence-corrected chi connectivity index (χ3v) is 3.29. The number of halogens is 2. The molecule has 0 aromatic heterocycles. The van der Waals surface area contributed by atoms with Crippen LogP contribution in [-0.2, 0) is 9.59 Å². The molecule has 0 fully saturated rings. The van der Waals surface area contributed by atoms with Crippen molar-refractivity contribution in [3.63, 3.8) is 0 Å². The largest absolute Gasteiger partial charge is 0.273 e. The Morgan fingerprint density at radius 1 is 0.840 bits per heavy atom. The van der Waals surface area contributed by atoms with Crippen molar-refractivity contribution < 1.29 is 9.59 Å². The van der Waals surface area contributed by atoms with E-state index in [0.29, 0.717) is 10.0 Å². The molecule has 128 valence electrons. The molecule has 0 aliphatic heterocycles. The molecule has 0 bridgehead atoms. The number of hydrogen-bond acceptors (Lipinski definition) is 4. The summed E-state index contributed by atoms with van der Waals surface area (Å²) in [6.45, 7) is 0. The first-order valence-electron chi connectivity index (χ1n) is 7.18. The van der Waals surface area contributed by atoms with E-state index in [2.05, 4.69) is 21.1 Å². The van der Waals surface area contributed by atoms with E-state index in [1.807, 2.05) is 0 Å². The van der Waals surface area contributed by atoms with Gasteiger partial charge in [0, 0.05) is 10.0 Å². The molecule has 2 amide bonds. The predicted octanol–water partition coefficient (Wildman–Crippen LogP) is 2.98. The Hall–Kier alpha value is -2.70. The van der Waals surface area contributed by atoms with Crippen LogP contribution in [0.1, 0.15) is 17.5 Å². The zero-order chi connectivity index (χ0) is 18.1. The summed E-state index contributed by atoms with van der Waals surface area (Å²) in [5, 5.41) is 8.64. The Bertz CT molecular complexity index is 754. The van der Waals surface area contributed by atoms with Crippen molar-refractivity contribution in [2.75, 3.05) is 0 Å². The average Bonchev–Trinajstić information content (AvgIpc) is 2.55. The minimum atomic E-state index is -0.561. The average molecular weight is 377 g/mol. The summed E-state index contributed by atoms with van der Waals surface area (Å²) < 4.78 is 0. The Morgan fingerprint density at radius 2 is 1.28 bits per heavy atom. The maximum absolute atomic E-state index is 11.6. The lowest BCUT2D eigenvalue weighted by Crippen LogP contribution is -2.27. The van der Waals surface area contributed by atoms with Crippen LogP contribution in [0.15, 0.2) is 58.7 Å². The van der Waals surface area contributed by atoms with Crippen LogP contribution >= 0.6 is 23.2 Å². The van der Waals surface area contributed by atoms with E-state index in [0.717, 1.165) is 11.1 Å². The fourth-order valence-corrected chi connectivity index (χ4v) is 2.15. The highest BCUT2D eigenvalue weighted by atomic mass is 35.5.